The molecule has 0 aliphatic rings. The normalized spacial score (nSPS) is 11.0. The Morgan fingerprint density at radius 1 is 0.549 bits per heavy atom. The molecule has 6 heteroatoms. The van der Waals surface area contributed by atoms with Crippen molar-refractivity contribution in [3.05, 3.63) is 54.1 Å². The van der Waals surface area contributed by atoms with Crippen LogP contribution in [-0.4, -0.2) is 31.9 Å². The molecule has 2 aromatic carbocycles. The van der Waals surface area contributed by atoms with Crippen LogP contribution in [-0.2, 0) is 0 Å². The van der Waals surface area contributed by atoms with Gasteiger partial charge < -0.3 is 18.9 Å². The fourth-order valence-electron chi connectivity index (χ4n) is 6.49. The Hall–Kier alpha value is -3.72. The summed E-state index contributed by atoms with van der Waals surface area (Å²) in [5.41, 5.74) is 3.62. The zero-order valence-corrected chi connectivity index (χ0v) is 32.4. The predicted molar refractivity (Wildman–Crippen MR) is 212 cm³/mol. The summed E-state index contributed by atoms with van der Waals surface area (Å²) in [7, 11) is 1.55. The van der Waals surface area contributed by atoms with Crippen LogP contribution in [0.5, 0.6) is 23.1 Å². The van der Waals surface area contributed by atoms with Gasteiger partial charge in [0.25, 0.3) is 0 Å². The quantitative estimate of drug-likeness (QED) is 0.0672. The molecule has 1 heterocycles. The van der Waals surface area contributed by atoms with Crippen LogP contribution in [0.25, 0.3) is 22.4 Å². The Bertz CT molecular complexity index is 1400. The van der Waals surface area contributed by atoms with E-state index in [2.05, 4.69) is 19.9 Å². The first-order valence-electron chi connectivity index (χ1n) is 20.3. The molecule has 51 heavy (non-hydrogen) atoms. The van der Waals surface area contributed by atoms with Gasteiger partial charge in [0.05, 0.1) is 32.6 Å². The maximum atomic E-state index is 10.1. The molecule has 0 saturated heterocycles. The van der Waals surface area contributed by atoms with Crippen molar-refractivity contribution in [3.63, 3.8) is 0 Å². The molecule has 6 nitrogen and oxygen atoms in total. The Morgan fingerprint density at radius 2 is 1.06 bits per heavy atom. The molecule has 0 unspecified atom stereocenters. The van der Waals surface area contributed by atoms with Crippen LogP contribution in [0, 0.1) is 11.3 Å². The highest BCUT2D eigenvalue weighted by molar-refractivity contribution is 5.79. The number of ether oxygens (including phenoxy) is 4. The first-order valence-corrected chi connectivity index (χ1v) is 20.3. The molecule has 0 atom stereocenters. The minimum Gasteiger partial charge on any atom is -0.494 e. The number of hydrogen-bond acceptors (Lipinski definition) is 6. The molecule has 0 saturated carbocycles. The predicted octanol–water partition coefficient (Wildman–Crippen LogP) is 13.3. The van der Waals surface area contributed by atoms with Gasteiger partial charge >= 0.3 is 0 Å². The van der Waals surface area contributed by atoms with Gasteiger partial charge in [0.1, 0.15) is 17.4 Å². The molecule has 280 valence electrons. The van der Waals surface area contributed by atoms with E-state index in [0.717, 1.165) is 53.3 Å². The number of methoxy groups -OCH3 is 1. The van der Waals surface area contributed by atoms with Crippen molar-refractivity contribution < 1.29 is 18.9 Å². The lowest BCUT2D eigenvalue weighted by Crippen LogP contribution is -2.02. The van der Waals surface area contributed by atoms with Gasteiger partial charge in [-0.1, -0.05) is 135 Å². The van der Waals surface area contributed by atoms with Crippen molar-refractivity contribution in [2.75, 3.05) is 26.9 Å². The second-order valence-corrected chi connectivity index (χ2v) is 13.7. The third-order valence-electron chi connectivity index (χ3n) is 9.52. The second-order valence-electron chi connectivity index (χ2n) is 13.7. The summed E-state index contributed by atoms with van der Waals surface area (Å²) in [6.07, 6.45) is 26.0. The molecule has 0 radical (unpaired) electrons. The van der Waals surface area contributed by atoms with Gasteiger partial charge in [-0.2, -0.15) is 5.26 Å². The van der Waals surface area contributed by atoms with Crippen molar-refractivity contribution in [3.8, 4) is 51.6 Å². The van der Waals surface area contributed by atoms with Crippen molar-refractivity contribution in [2.45, 2.75) is 149 Å². The smallest absolute Gasteiger partial charge is 0.232 e. The van der Waals surface area contributed by atoms with E-state index in [1.165, 1.54) is 116 Å². The van der Waals surface area contributed by atoms with Crippen molar-refractivity contribution in [2.24, 2.45) is 0 Å². The summed E-state index contributed by atoms with van der Waals surface area (Å²) < 4.78 is 23.9. The molecular weight excluding hydrogens is 633 g/mol. The molecule has 3 aromatic rings. The Balaban J connectivity index is 1.57. The Kier molecular flexibility index (Phi) is 21.4. The zero-order chi connectivity index (χ0) is 36.4. The van der Waals surface area contributed by atoms with Crippen LogP contribution >= 0.6 is 0 Å². The number of nitrogens with zero attached hydrogens (tertiary/aromatic N) is 2. The number of benzene rings is 2. The largest absolute Gasteiger partial charge is 0.494 e. The average molecular weight is 699 g/mol. The van der Waals surface area contributed by atoms with Gasteiger partial charge in [0.15, 0.2) is 11.5 Å². The van der Waals surface area contributed by atoms with Crippen molar-refractivity contribution in [1.82, 2.24) is 4.98 Å². The number of unbranched alkanes of at least 4 members (excludes halogenated alkanes) is 18. The molecular formula is C45H66N2O4. The van der Waals surface area contributed by atoms with E-state index in [0.29, 0.717) is 30.4 Å². The van der Waals surface area contributed by atoms with Crippen LogP contribution in [0.2, 0.25) is 0 Å². The molecule has 3 rings (SSSR count). The van der Waals surface area contributed by atoms with E-state index in [4.69, 9.17) is 23.9 Å². The fourth-order valence-corrected chi connectivity index (χ4v) is 6.49. The van der Waals surface area contributed by atoms with Gasteiger partial charge in [-0.05, 0) is 67.8 Å². The monoisotopic (exact) mass is 699 g/mol. The van der Waals surface area contributed by atoms with Crippen LogP contribution in [0.15, 0.2) is 48.5 Å². The summed E-state index contributed by atoms with van der Waals surface area (Å²) in [5.74, 6) is 2.55. The van der Waals surface area contributed by atoms with E-state index in [1.807, 2.05) is 55.5 Å². The third-order valence-corrected chi connectivity index (χ3v) is 9.52. The zero-order valence-electron chi connectivity index (χ0n) is 32.4. The molecule has 0 aliphatic heterocycles. The van der Waals surface area contributed by atoms with Crippen molar-refractivity contribution in [1.29, 1.82) is 5.26 Å². The average Bonchev–Trinajstić information content (AvgIpc) is 3.16. The number of hydrogen-bond donors (Lipinski definition) is 0. The number of aromatic nitrogens is 1. The molecule has 0 fully saturated rings. The SMILES string of the molecule is CCCCCCCCCCCCOc1ccc(-c2cc(-c3ccc(OCCCCCCCCCCCC)c(OCC)c3)c(C#N)c(OC)n2)cc1. The first kappa shape index (κ1) is 41.7. The van der Waals surface area contributed by atoms with Gasteiger partial charge in [0, 0.05) is 11.1 Å². The summed E-state index contributed by atoms with van der Waals surface area (Å²) in [4.78, 5) is 4.71. The van der Waals surface area contributed by atoms with E-state index in [-0.39, 0.29) is 0 Å². The van der Waals surface area contributed by atoms with E-state index in [1.54, 1.807) is 7.11 Å². The third kappa shape index (κ3) is 15.6. The van der Waals surface area contributed by atoms with Crippen molar-refractivity contribution >= 4 is 0 Å². The topological polar surface area (TPSA) is 73.6 Å². The number of pyridine rings is 1. The van der Waals surface area contributed by atoms with Gasteiger partial charge in [0.2, 0.25) is 5.88 Å². The van der Waals surface area contributed by atoms with E-state index in [9.17, 15) is 5.26 Å². The lowest BCUT2D eigenvalue weighted by atomic mass is 9.98. The second kappa shape index (κ2) is 26.1. The highest BCUT2D eigenvalue weighted by Gasteiger charge is 2.18. The van der Waals surface area contributed by atoms with Crippen LogP contribution < -0.4 is 18.9 Å². The van der Waals surface area contributed by atoms with Gasteiger partial charge in [-0.3, -0.25) is 0 Å². The molecule has 0 aliphatic carbocycles. The summed E-state index contributed by atoms with van der Waals surface area (Å²) in [6.45, 7) is 8.41. The minimum atomic E-state index is 0.297. The lowest BCUT2D eigenvalue weighted by Gasteiger charge is -2.16. The van der Waals surface area contributed by atoms with Gasteiger partial charge in [-0.25, -0.2) is 4.98 Å². The van der Waals surface area contributed by atoms with E-state index >= 15 is 0 Å². The first-order chi connectivity index (χ1) is 25.1. The highest BCUT2D eigenvalue weighted by Crippen LogP contribution is 2.38. The molecule has 0 amide bonds. The summed E-state index contributed by atoms with van der Waals surface area (Å²) in [5, 5.41) is 10.1. The summed E-state index contributed by atoms with van der Waals surface area (Å²) in [6, 6.07) is 18.2. The van der Waals surface area contributed by atoms with Crippen LogP contribution in [0.4, 0.5) is 0 Å². The maximum absolute atomic E-state index is 10.1. The van der Waals surface area contributed by atoms with Gasteiger partial charge in [-0.15, -0.1) is 0 Å². The number of nitriles is 1. The Labute approximate surface area is 310 Å². The molecule has 0 N–H and O–H groups in total. The summed E-state index contributed by atoms with van der Waals surface area (Å²) >= 11 is 0. The molecule has 1 aromatic heterocycles. The maximum Gasteiger partial charge on any atom is 0.232 e. The van der Waals surface area contributed by atoms with Crippen LogP contribution in [0.1, 0.15) is 155 Å². The van der Waals surface area contributed by atoms with Crippen LogP contribution in [0.3, 0.4) is 0 Å². The Morgan fingerprint density at radius 3 is 1.57 bits per heavy atom. The fraction of sp³-hybridized carbons (Fsp3) is 0.600. The highest BCUT2D eigenvalue weighted by atomic mass is 16.5. The minimum absolute atomic E-state index is 0.297. The number of rotatable bonds is 29. The molecule has 0 bridgehead atoms. The lowest BCUT2D eigenvalue weighted by molar-refractivity contribution is 0.270. The standard InChI is InChI=1S/C45H66N2O4/c1-5-8-10-12-14-16-18-20-22-24-32-50-39-29-26-37(27-30-39)42-35-40(41(36-46)45(47-42)48-4)38-28-31-43(44(34-38)49-7-3)51-33-25-23-21-19-17-15-13-11-9-6-2/h26-31,34-35H,5-25,32-33H2,1-4H3. The van der Waals surface area contributed by atoms with E-state index < -0.39 is 0 Å². The molecule has 0 spiro atoms.